The van der Waals surface area contributed by atoms with Gasteiger partial charge in [0.15, 0.2) is 0 Å². The predicted octanol–water partition coefficient (Wildman–Crippen LogP) is 3.67. The molecule has 2 aromatic carbocycles. The minimum Gasteiger partial charge on any atom is -0.383 e. The summed E-state index contributed by atoms with van der Waals surface area (Å²) in [5.74, 6) is -0.172. The number of hydrogen-bond donors (Lipinski definition) is 1. The molecule has 1 aromatic heterocycles. The van der Waals surface area contributed by atoms with E-state index in [1.165, 1.54) is 12.4 Å². The van der Waals surface area contributed by atoms with Crippen LogP contribution in [0.5, 0.6) is 0 Å². The smallest absolute Gasteiger partial charge is 0.149 e. The first kappa shape index (κ1) is 11.9. The second kappa shape index (κ2) is 4.48. The van der Waals surface area contributed by atoms with Gasteiger partial charge in [0.1, 0.15) is 23.5 Å². The number of halogens is 2. The van der Waals surface area contributed by atoms with Crippen molar-refractivity contribution in [1.29, 1.82) is 0 Å². The summed E-state index contributed by atoms with van der Waals surface area (Å²) in [6.45, 7) is 0. The van der Waals surface area contributed by atoms with Gasteiger partial charge in [0.25, 0.3) is 0 Å². The minimum atomic E-state index is -0.421. The highest BCUT2D eigenvalue weighted by Gasteiger charge is 2.12. The monoisotopic (exact) mass is 273 g/mol. The van der Waals surface area contributed by atoms with E-state index in [2.05, 4.69) is 9.97 Å². The van der Waals surface area contributed by atoms with Crippen LogP contribution in [0.25, 0.3) is 22.0 Å². The lowest BCUT2D eigenvalue weighted by molar-refractivity contribution is 0.636. The van der Waals surface area contributed by atoms with Crippen molar-refractivity contribution in [3.8, 4) is 11.1 Å². The van der Waals surface area contributed by atoms with Crippen molar-refractivity contribution in [2.24, 2.45) is 0 Å². The fraction of sp³-hybridized carbons (Fsp3) is 0. The SMILES string of the molecule is Nc1ncnc2c(F)ccc(-c3cccc(Cl)c3)c12. The molecular weight excluding hydrogens is 265 g/mol. The fourth-order valence-electron chi connectivity index (χ4n) is 2.06. The molecule has 0 atom stereocenters. The van der Waals surface area contributed by atoms with Crippen molar-refractivity contribution in [2.75, 3.05) is 5.73 Å². The van der Waals surface area contributed by atoms with E-state index in [0.717, 1.165) is 11.1 Å². The normalized spacial score (nSPS) is 10.8. The second-order valence-corrected chi connectivity index (χ2v) is 4.52. The van der Waals surface area contributed by atoms with Crippen LogP contribution in [0.4, 0.5) is 10.2 Å². The number of aromatic nitrogens is 2. The van der Waals surface area contributed by atoms with Crippen LogP contribution >= 0.6 is 11.6 Å². The highest BCUT2D eigenvalue weighted by Crippen LogP contribution is 2.32. The van der Waals surface area contributed by atoms with Crippen LogP contribution in [-0.2, 0) is 0 Å². The van der Waals surface area contributed by atoms with E-state index in [9.17, 15) is 4.39 Å². The average molecular weight is 274 g/mol. The summed E-state index contributed by atoms with van der Waals surface area (Å²) in [6, 6.07) is 10.3. The summed E-state index contributed by atoms with van der Waals surface area (Å²) in [6.07, 6.45) is 1.25. The van der Waals surface area contributed by atoms with Gasteiger partial charge in [-0.05, 0) is 29.3 Å². The van der Waals surface area contributed by atoms with Crippen molar-refractivity contribution in [2.45, 2.75) is 0 Å². The van der Waals surface area contributed by atoms with Gasteiger partial charge in [0, 0.05) is 5.02 Å². The Morgan fingerprint density at radius 3 is 2.74 bits per heavy atom. The molecule has 94 valence electrons. The molecule has 1 heterocycles. The number of rotatable bonds is 1. The van der Waals surface area contributed by atoms with Gasteiger partial charge in [-0.15, -0.1) is 0 Å². The molecule has 0 amide bonds. The Morgan fingerprint density at radius 2 is 1.95 bits per heavy atom. The molecular formula is C14H9ClFN3. The Bertz CT molecular complexity index is 774. The molecule has 0 radical (unpaired) electrons. The van der Waals surface area contributed by atoms with Gasteiger partial charge in [0.05, 0.1) is 5.39 Å². The van der Waals surface area contributed by atoms with Crippen LogP contribution < -0.4 is 5.73 Å². The Balaban J connectivity index is 2.39. The lowest BCUT2D eigenvalue weighted by atomic mass is 10.0. The zero-order valence-electron chi connectivity index (χ0n) is 9.77. The van der Waals surface area contributed by atoms with Crippen LogP contribution in [0, 0.1) is 5.82 Å². The molecule has 0 aliphatic carbocycles. The van der Waals surface area contributed by atoms with Gasteiger partial charge in [0.2, 0.25) is 0 Å². The van der Waals surface area contributed by atoms with Crippen molar-refractivity contribution < 1.29 is 4.39 Å². The van der Waals surface area contributed by atoms with Gasteiger partial charge in [-0.25, -0.2) is 14.4 Å². The third kappa shape index (κ3) is 2.00. The number of anilines is 1. The maximum atomic E-state index is 13.8. The Kier molecular flexibility index (Phi) is 2.80. The van der Waals surface area contributed by atoms with E-state index in [-0.39, 0.29) is 11.3 Å². The van der Waals surface area contributed by atoms with Crippen LogP contribution in [-0.4, -0.2) is 9.97 Å². The molecule has 2 N–H and O–H groups in total. The maximum absolute atomic E-state index is 13.8. The zero-order chi connectivity index (χ0) is 13.4. The fourth-order valence-corrected chi connectivity index (χ4v) is 2.25. The summed E-state index contributed by atoms with van der Waals surface area (Å²) in [7, 11) is 0. The minimum absolute atomic E-state index is 0.213. The van der Waals surface area contributed by atoms with Gasteiger partial charge < -0.3 is 5.73 Å². The van der Waals surface area contributed by atoms with E-state index >= 15 is 0 Å². The van der Waals surface area contributed by atoms with Gasteiger partial charge in [-0.1, -0.05) is 29.8 Å². The number of hydrogen-bond acceptors (Lipinski definition) is 3. The Labute approximate surface area is 113 Å². The van der Waals surface area contributed by atoms with E-state index in [1.807, 2.05) is 12.1 Å². The van der Waals surface area contributed by atoms with Crippen LogP contribution in [0.1, 0.15) is 0 Å². The van der Waals surface area contributed by atoms with Crippen molar-refractivity contribution in [3.63, 3.8) is 0 Å². The van der Waals surface area contributed by atoms with Gasteiger partial charge >= 0.3 is 0 Å². The largest absolute Gasteiger partial charge is 0.383 e. The quantitative estimate of drug-likeness (QED) is 0.736. The molecule has 0 fully saturated rings. The standard InChI is InChI=1S/C14H9ClFN3/c15-9-3-1-2-8(6-9)10-4-5-11(16)13-12(10)14(17)19-7-18-13/h1-7H,(H2,17,18,19). The third-order valence-corrected chi connectivity index (χ3v) is 3.14. The highest BCUT2D eigenvalue weighted by molar-refractivity contribution is 6.30. The molecule has 0 saturated heterocycles. The Hall–Kier alpha value is -2.20. The molecule has 3 aromatic rings. The van der Waals surface area contributed by atoms with E-state index in [0.29, 0.717) is 10.4 Å². The van der Waals surface area contributed by atoms with Gasteiger partial charge in [-0.2, -0.15) is 0 Å². The van der Waals surface area contributed by atoms with E-state index < -0.39 is 5.82 Å². The molecule has 19 heavy (non-hydrogen) atoms. The molecule has 0 spiro atoms. The number of nitrogen functional groups attached to an aromatic ring is 1. The number of benzene rings is 2. The highest BCUT2D eigenvalue weighted by atomic mass is 35.5. The molecule has 0 unspecified atom stereocenters. The van der Waals surface area contributed by atoms with Crippen LogP contribution in [0.2, 0.25) is 5.02 Å². The van der Waals surface area contributed by atoms with Crippen molar-refractivity contribution >= 4 is 28.3 Å². The van der Waals surface area contributed by atoms with E-state index in [1.54, 1.807) is 18.2 Å². The molecule has 0 aliphatic heterocycles. The summed E-state index contributed by atoms with van der Waals surface area (Å²) in [5.41, 5.74) is 7.67. The first-order valence-electron chi connectivity index (χ1n) is 5.61. The first-order chi connectivity index (χ1) is 9.16. The summed E-state index contributed by atoms with van der Waals surface area (Å²) in [5, 5.41) is 1.11. The molecule has 0 saturated carbocycles. The summed E-state index contributed by atoms with van der Waals surface area (Å²) < 4.78 is 13.8. The van der Waals surface area contributed by atoms with Crippen molar-refractivity contribution in [1.82, 2.24) is 9.97 Å². The topological polar surface area (TPSA) is 51.8 Å². The lowest BCUT2D eigenvalue weighted by Gasteiger charge is -2.09. The maximum Gasteiger partial charge on any atom is 0.149 e. The number of nitrogens with two attached hydrogens (primary N) is 1. The molecule has 3 nitrogen and oxygen atoms in total. The first-order valence-corrected chi connectivity index (χ1v) is 5.99. The number of nitrogens with zero attached hydrogens (tertiary/aromatic N) is 2. The molecule has 3 rings (SSSR count). The second-order valence-electron chi connectivity index (χ2n) is 4.09. The van der Waals surface area contributed by atoms with Crippen LogP contribution in [0.3, 0.4) is 0 Å². The molecule has 0 aliphatic rings. The molecule has 5 heteroatoms. The third-order valence-electron chi connectivity index (χ3n) is 2.90. The number of fused-ring (bicyclic) bond motifs is 1. The Morgan fingerprint density at radius 1 is 1.11 bits per heavy atom. The summed E-state index contributed by atoms with van der Waals surface area (Å²) in [4.78, 5) is 7.88. The van der Waals surface area contributed by atoms with Crippen LogP contribution in [0.15, 0.2) is 42.7 Å². The van der Waals surface area contributed by atoms with Gasteiger partial charge in [-0.3, -0.25) is 0 Å². The lowest BCUT2D eigenvalue weighted by Crippen LogP contribution is -1.97. The summed E-state index contributed by atoms with van der Waals surface area (Å²) >= 11 is 5.98. The predicted molar refractivity (Wildman–Crippen MR) is 74.4 cm³/mol. The molecule has 0 bridgehead atoms. The zero-order valence-corrected chi connectivity index (χ0v) is 10.5. The van der Waals surface area contributed by atoms with Crippen molar-refractivity contribution in [3.05, 3.63) is 53.6 Å². The van der Waals surface area contributed by atoms with E-state index in [4.69, 9.17) is 17.3 Å². The average Bonchev–Trinajstić information content (AvgIpc) is 2.40.